The lowest BCUT2D eigenvalue weighted by Gasteiger charge is -2.09. The molecule has 0 spiro atoms. The minimum atomic E-state index is -0.130. The number of hydrogen-bond donors (Lipinski definition) is 2. The molecule has 100 valence electrons. The second kappa shape index (κ2) is 8.64. The summed E-state index contributed by atoms with van der Waals surface area (Å²) in [6.45, 7) is 3.82. The fourth-order valence-corrected chi connectivity index (χ4v) is 1.51. The SMILES string of the molecule is CCCNC(=O)NCCCOc1ccccc1Cl. The van der Waals surface area contributed by atoms with E-state index in [1.165, 1.54) is 0 Å². The van der Waals surface area contributed by atoms with E-state index in [9.17, 15) is 4.79 Å². The van der Waals surface area contributed by atoms with Gasteiger partial charge < -0.3 is 15.4 Å². The molecule has 0 aliphatic carbocycles. The summed E-state index contributed by atoms with van der Waals surface area (Å²) in [5, 5.41) is 6.10. The van der Waals surface area contributed by atoms with Gasteiger partial charge in [0.05, 0.1) is 11.6 Å². The molecule has 0 saturated carbocycles. The van der Waals surface area contributed by atoms with Gasteiger partial charge in [0, 0.05) is 13.1 Å². The first kappa shape index (κ1) is 14.6. The summed E-state index contributed by atoms with van der Waals surface area (Å²) in [6.07, 6.45) is 1.67. The highest BCUT2D eigenvalue weighted by Gasteiger charge is 2.00. The molecule has 0 aliphatic heterocycles. The van der Waals surface area contributed by atoms with Gasteiger partial charge in [-0.15, -0.1) is 0 Å². The molecular weight excluding hydrogens is 252 g/mol. The fourth-order valence-electron chi connectivity index (χ4n) is 1.32. The van der Waals surface area contributed by atoms with Gasteiger partial charge in [0.2, 0.25) is 0 Å². The van der Waals surface area contributed by atoms with Crippen LogP contribution >= 0.6 is 11.6 Å². The monoisotopic (exact) mass is 270 g/mol. The summed E-state index contributed by atoms with van der Waals surface area (Å²) >= 11 is 5.94. The van der Waals surface area contributed by atoms with Gasteiger partial charge in [-0.25, -0.2) is 4.79 Å². The van der Waals surface area contributed by atoms with Crippen LogP contribution in [-0.4, -0.2) is 25.7 Å². The average molecular weight is 271 g/mol. The molecule has 2 amide bonds. The molecule has 2 N–H and O–H groups in total. The van der Waals surface area contributed by atoms with Crippen molar-refractivity contribution in [3.63, 3.8) is 0 Å². The van der Waals surface area contributed by atoms with Crippen LogP contribution in [0.1, 0.15) is 19.8 Å². The van der Waals surface area contributed by atoms with E-state index >= 15 is 0 Å². The molecule has 0 fully saturated rings. The number of halogens is 1. The van der Waals surface area contributed by atoms with Gasteiger partial charge in [0.15, 0.2) is 0 Å². The molecule has 0 atom stereocenters. The highest BCUT2D eigenvalue weighted by atomic mass is 35.5. The molecule has 0 saturated heterocycles. The second-order valence-corrected chi connectivity index (χ2v) is 4.22. The van der Waals surface area contributed by atoms with Gasteiger partial charge in [0.25, 0.3) is 0 Å². The molecule has 5 heteroatoms. The van der Waals surface area contributed by atoms with Gasteiger partial charge in [-0.1, -0.05) is 30.7 Å². The number of benzene rings is 1. The van der Waals surface area contributed by atoms with Crippen molar-refractivity contribution in [1.82, 2.24) is 10.6 Å². The van der Waals surface area contributed by atoms with Crippen LogP contribution in [0.4, 0.5) is 4.79 Å². The van der Waals surface area contributed by atoms with Crippen LogP contribution in [0.15, 0.2) is 24.3 Å². The number of rotatable bonds is 7. The third kappa shape index (κ3) is 5.77. The molecule has 1 aromatic carbocycles. The molecule has 0 bridgehead atoms. The zero-order valence-electron chi connectivity index (χ0n) is 10.5. The van der Waals surface area contributed by atoms with Gasteiger partial charge >= 0.3 is 6.03 Å². The number of carbonyl (C=O) groups excluding carboxylic acids is 1. The van der Waals surface area contributed by atoms with Crippen molar-refractivity contribution in [2.45, 2.75) is 19.8 Å². The maximum atomic E-state index is 11.2. The quantitative estimate of drug-likeness (QED) is 0.749. The summed E-state index contributed by atoms with van der Waals surface area (Å²) in [5.41, 5.74) is 0. The van der Waals surface area contributed by atoms with Crippen molar-refractivity contribution in [2.24, 2.45) is 0 Å². The summed E-state index contributed by atoms with van der Waals surface area (Å²) < 4.78 is 5.50. The van der Waals surface area contributed by atoms with Crippen molar-refractivity contribution in [1.29, 1.82) is 0 Å². The first-order chi connectivity index (χ1) is 8.74. The molecule has 0 unspecified atom stereocenters. The third-order valence-corrected chi connectivity index (χ3v) is 2.55. The van der Waals surface area contributed by atoms with Crippen molar-refractivity contribution >= 4 is 17.6 Å². The number of amides is 2. The number of carbonyl (C=O) groups is 1. The van der Waals surface area contributed by atoms with E-state index in [0.29, 0.717) is 30.5 Å². The van der Waals surface area contributed by atoms with Gasteiger partial charge in [-0.2, -0.15) is 0 Å². The van der Waals surface area contributed by atoms with E-state index in [2.05, 4.69) is 10.6 Å². The zero-order valence-corrected chi connectivity index (χ0v) is 11.3. The Bertz CT molecular complexity index is 372. The first-order valence-electron chi connectivity index (χ1n) is 6.13. The van der Waals surface area contributed by atoms with Crippen molar-refractivity contribution in [3.05, 3.63) is 29.3 Å². The van der Waals surface area contributed by atoms with Crippen LogP contribution in [0.3, 0.4) is 0 Å². The highest BCUT2D eigenvalue weighted by Crippen LogP contribution is 2.22. The van der Waals surface area contributed by atoms with Crippen molar-refractivity contribution in [3.8, 4) is 5.75 Å². The van der Waals surface area contributed by atoms with Crippen LogP contribution in [0, 0.1) is 0 Å². The zero-order chi connectivity index (χ0) is 13.2. The Morgan fingerprint density at radius 1 is 1.28 bits per heavy atom. The number of ether oxygens (including phenoxy) is 1. The molecule has 0 radical (unpaired) electrons. The summed E-state index contributed by atoms with van der Waals surface area (Å²) in [5.74, 6) is 0.676. The number of urea groups is 1. The predicted octanol–water partition coefficient (Wildman–Crippen LogP) is 2.82. The Balaban J connectivity index is 2.09. The highest BCUT2D eigenvalue weighted by molar-refractivity contribution is 6.32. The molecule has 1 aromatic rings. The van der Waals surface area contributed by atoms with E-state index in [-0.39, 0.29) is 6.03 Å². The van der Waals surface area contributed by atoms with Crippen LogP contribution in [0.5, 0.6) is 5.75 Å². The maximum Gasteiger partial charge on any atom is 0.314 e. The van der Waals surface area contributed by atoms with Crippen molar-refractivity contribution < 1.29 is 9.53 Å². The molecule has 0 aliphatic rings. The number of hydrogen-bond acceptors (Lipinski definition) is 2. The van der Waals surface area contributed by atoms with Gasteiger partial charge in [0.1, 0.15) is 5.75 Å². The number of para-hydroxylation sites is 1. The normalized spacial score (nSPS) is 9.89. The Kier molecular flexibility index (Phi) is 7.03. The smallest absolute Gasteiger partial charge is 0.314 e. The summed E-state index contributed by atoms with van der Waals surface area (Å²) in [4.78, 5) is 11.2. The van der Waals surface area contributed by atoms with E-state index < -0.39 is 0 Å². The van der Waals surface area contributed by atoms with Crippen molar-refractivity contribution in [2.75, 3.05) is 19.7 Å². The Morgan fingerprint density at radius 3 is 2.72 bits per heavy atom. The minimum absolute atomic E-state index is 0.130. The van der Waals surface area contributed by atoms with Crippen LogP contribution in [0.25, 0.3) is 0 Å². The fraction of sp³-hybridized carbons (Fsp3) is 0.462. The lowest BCUT2D eigenvalue weighted by atomic mass is 10.3. The van der Waals surface area contributed by atoms with E-state index in [0.717, 1.165) is 12.8 Å². The summed E-state index contributed by atoms with van der Waals surface area (Å²) in [6, 6.07) is 7.21. The van der Waals surface area contributed by atoms with E-state index in [4.69, 9.17) is 16.3 Å². The Morgan fingerprint density at radius 2 is 2.00 bits per heavy atom. The summed E-state index contributed by atoms with van der Waals surface area (Å²) in [7, 11) is 0. The Labute approximate surface area is 113 Å². The predicted molar refractivity (Wildman–Crippen MR) is 73.3 cm³/mol. The number of nitrogens with one attached hydrogen (secondary N) is 2. The average Bonchev–Trinajstić information content (AvgIpc) is 2.38. The van der Waals surface area contributed by atoms with Gasteiger partial charge in [-0.05, 0) is 25.0 Å². The third-order valence-electron chi connectivity index (χ3n) is 2.24. The standard InChI is InChI=1S/C13H19ClN2O2/c1-2-8-15-13(17)16-9-5-10-18-12-7-4-3-6-11(12)14/h3-4,6-7H,2,5,8-10H2,1H3,(H2,15,16,17). The first-order valence-corrected chi connectivity index (χ1v) is 6.51. The minimum Gasteiger partial charge on any atom is -0.492 e. The van der Waals surface area contributed by atoms with E-state index in [1.54, 1.807) is 6.07 Å². The maximum absolute atomic E-state index is 11.2. The Hall–Kier alpha value is -1.42. The molecular formula is C13H19ClN2O2. The van der Waals surface area contributed by atoms with Gasteiger partial charge in [-0.3, -0.25) is 0 Å². The van der Waals surface area contributed by atoms with Crippen LogP contribution < -0.4 is 15.4 Å². The van der Waals surface area contributed by atoms with Crippen LogP contribution in [0.2, 0.25) is 5.02 Å². The molecule has 0 heterocycles. The topological polar surface area (TPSA) is 50.4 Å². The molecule has 1 rings (SSSR count). The van der Waals surface area contributed by atoms with E-state index in [1.807, 2.05) is 25.1 Å². The molecule has 4 nitrogen and oxygen atoms in total. The lowest BCUT2D eigenvalue weighted by molar-refractivity contribution is 0.239. The largest absolute Gasteiger partial charge is 0.492 e. The molecule has 0 aromatic heterocycles. The molecule has 18 heavy (non-hydrogen) atoms. The lowest BCUT2D eigenvalue weighted by Crippen LogP contribution is -2.36. The van der Waals surface area contributed by atoms with Crippen LogP contribution in [-0.2, 0) is 0 Å². The second-order valence-electron chi connectivity index (χ2n) is 3.82.